The summed E-state index contributed by atoms with van der Waals surface area (Å²) in [6.45, 7) is 2.33. The number of carbonyl (C=O) groups is 1. The second-order valence-corrected chi connectivity index (χ2v) is 4.62. The molecule has 2 saturated carbocycles. The van der Waals surface area contributed by atoms with Gasteiger partial charge in [0.1, 0.15) is 0 Å². The summed E-state index contributed by atoms with van der Waals surface area (Å²) in [5.41, 5.74) is 0.537. The number of rotatable bonds is 3. The van der Waals surface area contributed by atoms with E-state index >= 15 is 0 Å². The van der Waals surface area contributed by atoms with Crippen molar-refractivity contribution in [2.45, 2.75) is 32.6 Å². The quantitative estimate of drug-likeness (QED) is 0.677. The third-order valence-electron chi connectivity index (χ3n) is 3.79. The average Bonchev–Trinajstić information content (AvgIpc) is 2.61. The molecule has 0 spiro atoms. The van der Waals surface area contributed by atoms with E-state index in [0.29, 0.717) is 11.3 Å². The van der Waals surface area contributed by atoms with Gasteiger partial charge in [-0.3, -0.25) is 4.79 Å². The summed E-state index contributed by atoms with van der Waals surface area (Å²) in [4.78, 5) is 10.3. The Morgan fingerprint density at radius 3 is 2.85 bits per heavy atom. The summed E-state index contributed by atoms with van der Waals surface area (Å²) in [6, 6.07) is 0. The predicted octanol–water partition coefficient (Wildman–Crippen LogP) is 2.45. The molecule has 2 aliphatic rings. The van der Waals surface area contributed by atoms with Crippen LogP contribution in [-0.2, 0) is 4.79 Å². The van der Waals surface area contributed by atoms with Crippen LogP contribution in [0.3, 0.4) is 0 Å². The van der Waals surface area contributed by atoms with Crippen molar-refractivity contribution < 1.29 is 9.90 Å². The molecule has 0 aromatic carbocycles. The van der Waals surface area contributed by atoms with Crippen LogP contribution in [0.25, 0.3) is 0 Å². The van der Waals surface area contributed by atoms with E-state index in [2.05, 4.69) is 13.0 Å². The Morgan fingerprint density at radius 1 is 1.62 bits per heavy atom. The van der Waals surface area contributed by atoms with Gasteiger partial charge in [-0.05, 0) is 36.5 Å². The predicted molar refractivity (Wildman–Crippen MR) is 50.3 cm³/mol. The highest BCUT2D eigenvalue weighted by molar-refractivity contribution is 5.68. The number of hydrogen-bond acceptors (Lipinski definition) is 1. The topological polar surface area (TPSA) is 37.3 Å². The molecule has 0 aromatic rings. The maximum absolute atomic E-state index is 10.3. The number of fused-ring (bicyclic) bond motifs is 1. The maximum atomic E-state index is 10.3. The number of carboxylic acids is 1. The Kier molecular flexibility index (Phi) is 1.94. The molecule has 2 rings (SSSR count). The molecule has 13 heavy (non-hydrogen) atoms. The fourth-order valence-corrected chi connectivity index (χ4v) is 2.72. The van der Waals surface area contributed by atoms with Gasteiger partial charge in [0, 0.05) is 0 Å². The highest BCUT2D eigenvalue weighted by Crippen LogP contribution is 2.66. The molecule has 2 aliphatic carbocycles. The summed E-state index contributed by atoms with van der Waals surface area (Å²) < 4.78 is 0. The van der Waals surface area contributed by atoms with Crippen LogP contribution in [-0.4, -0.2) is 11.1 Å². The first-order valence-corrected chi connectivity index (χ1v) is 5.01. The van der Waals surface area contributed by atoms with Gasteiger partial charge in [-0.25, -0.2) is 0 Å². The van der Waals surface area contributed by atoms with E-state index in [1.54, 1.807) is 0 Å². The lowest BCUT2D eigenvalue weighted by molar-refractivity contribution is -0.136. The minimum absolute atomic E-state index is 0.178. The number of aliphatic carboxylic acids is 1. The van der Waals surface area contributed by atoms with Crippen LogP contribution in [0.2, 0.25) is 0 Å². The van der Waals surface area contributed by atoms with Crippen molar-refractivity contribution in [1.82, 2.24) is 0 Å². The Balaban J connectivity index is 1.88. The zero-order valence-corrected chi connectivity index (χ0v) is 7.99. The van der Waals surface area contributed by atoms with Crippen molar-refractivity contribution in [1.29, 1.82) is 0 Å². The first kappa shape index (κ1) is 8.79. The van der Waals surface area contributed by atoms with Gasteiger partial charge in [-0.1, -0.05) is 19.1 Å². The molecule has 0 radical (unpaired) electrons. The molecule has 72 valence electrons. The number of carboxylic acid groups (broad SMARTS) is 1. The molecule has 0 heterocycles. The standard InChI is InChI=1S/C11H16O2/c1-11-7-9(11)6-5-8(11)3-2-4-10(12)13/h2-3,8-9H,4-7H2,1H3,(H,12,13). The lowest BCUT2D eigenvalue weighted by Crippen LogP contribution is -2.05. The van der Waals surface area contributed by atoms with Crippen LogP contribution >= 0.6 is 0 Å². The molecule has 0 amide bonds. The van der Waals surface area contributed by atoms with Gasteiger partial charge < -0.3 is 5.11 Å². The maximum Gasteiger partial charge on any atom is 0.307 e. The molecule has 3 atom stereocenters. The number of hydrogen-bond donors (Lipinski definition) is 1. The van der Waals surface area contributed by atoms with E-state index in [9.17, 15) is 4.79 Å². The van der Waals surface area contributed by atoms with E-state index in [0.717, 1.165) is 5.92 Å². The fourth-order valence-electron chi connectivity index (χ4n) is 2.72. The van der Waals surface area contributed by atoms with E-state index in [4.69, 9.17) is 5.11 Å². The average molecular weight is 180 g/mol. The molecule has 0 aliphatic heterocycles. The van der Waals surface area contributed by atoms with Gasteiger partial charge in [-0.2, -0.15) is 0 Å². The Labute approximate surface area is 78.6 Å². The Bertz CT molecular complexity index is 255. The van der Waals surface area contributed by atoms with Crippen LogP contribution in [0.5, 0.6) is 0 Å². The molecular formula is C11H16O2. The van der Waals surface area contributed by atoms with Gasteiger partial charge in [0.25, 0.3) is 0 Å². The smallest absolute Gasteiger partial charge is 0.307 e. The molecule has 1 N–H and O–H groups in total. The zero-order chi connectivity index (χ0) is 9.47. The first-order chi connectivity index (χ1) is 6.13. The Morgan fingerprint density at radius 2 is 2.38 bits per heavy atom. The monoisotopic (exact) mass is 180 g/mol. The van der Waals surface area contributed by atoms with E-state index in [1.165, 1.54) is 19.3 Å². The van der Waals surface area contributed by atoms with Crippen molar-refractivity contribution in [2.75, 3.05) is 0 Å². The normalized spacial score (nSPS) is 42.2. The van der Waals surface area contributed by atoms with Crippen LogP contribution in [0.4, 0.5) is 0 Å². The lowest BCUT2D eigenvalue weighted by Gasteiger charge is -2.13. The summed E-state index contributed by atoms with van der Waals surface area (Å²) >= 11 is 0. The SMILES string of the molecule is CC12CC1CCC2C=CCC(=O)O. The molecule has 0 aromatic heterocycles. The molecule has 2 heteroatoms. The van der Waals surface area contributed by atoms with Gasteiger partial charge >= 0.3 is 5.97 Å². The second kappa shape index (κ2) is 2.86. The largest absolute Gasteiger partial charge is 0.481 e. The third-order valence-corrected chi connectivity index (χ3v) is 3.79. The van der Waals surface area contributed by atoms with E-state index in [-0.39, 0.29) is 6.42 Å². The zero-order valence-electron chi connectivity index (χ0n) is 7.99. The van der Waals surface area contributed by atoms with Crippen molar-refractivity contribution in [2.24, 2.45) is 17.3 Å². The minimum atomic E-state index is -0.730. The molecule has 0 saturated heterocycles. The lowest BCUT2D eigenvalue weighted by atomic mass is 9.92. The van der Waals surface area contributed by atoms with Gasteiger partial charge in [0.15, 0.2) is 0 Å². The van der Waals surface area contributed by atoms with Crippen molar-refractivity contribution in [3.8, 4) is 0 Å². The Hall–Kier alpha value is -0.790. The minimum Gasteiger partial charge on any atom is -0.481 e. The van der Waals surface area contributed by atoms with Crippen LogP contribution in [0.15, 0.2) is 12.2 Å². The summed E-state index contributed by atoms with van der Waals surface area (Å²) in [5, 5.41) is 8.48. The van der Waals surface area contributed by atoms with Crippen LogP contribution in [0, 0.1) is 17.3 Å². The van der Waals surface area contributed by atoms with Crippen LogP contribution in [0.1, 0.15) is 32.6 Å². The summed E-state index contributed by atoms with van der Waals surface area (Å²) in [7, 11) is 0. The van der Waals surface area contributed by atoms with Crippen LogP contribution < -0.4 is 0 Å². The fraction of sp³-hybridized carbons (Fsp3) is 0.727. The van der Waals surface area contributed by atoms with E-state index < -0.39 is 5.97 Å². The molecular weight excluding hydrogens is 164 g/mol. The van der Waals surface area contributed by atoms with Gasteiger partial charge in [-0.15, -0.1) is 0 Å². The molecule has 3 unspecified atom stereocenters. The molecule has 2 fully saturated rings. The summed E-state index contributed by atoms with van der Waals surface area (Å²) in [5.74, 6) is 0.857. The first-order valence-electron chi connectivity index (χ1n) is 5.01. The van der Waals surface area contributed by atoms with Crippen molar-refractivity contribution in [3.05, 3.63) is 12.2 Å². The number of allylic oxidation sites excluding steroid dienone is 1. The van der Waals surface area contributed by atoms with Crippen molar-refractivity contribution >= 4 is 5.97 Å². The van der Waals surface area contributed by atoms with Gasteiger partial charge in [0.05, 0.1) is 6.42 Å². The van der Waals surface area contributed by atoms with Crippen molar-refractivity contribution in [3.63, 3.8) is 0 Å². The highest BCUT2D eigenvalue weighted by atomic mass is 16.4. The summed E-state index contributed by atoms with van der Waals surface area (Å²) in [6.07, 6.45) is 8.09. The second-order valence-electron chi connectivity index (χ2n) is 4.62. The third kappa shape index (κ3) is 1.50. The van der Waals surface area contributed by atoms with Gasteiger partial charge in [0.2, 0.25) is 0 Å². The van der Waals surface area contributed by atoms with E-state index in [1.807, 2.05) is 6.08 Å². The molecule has 2 nitrogen and oxygen atoms in total. The molecule has 0 bridgehead atoms. The highest BCUT2D eigenvalue weighted by Gasteiger charge is 2.57.